The molecule has 0 radical (unpaired) electrons. The maximum Gasteiger partial charge on any atom is 0.280 e. The number of nitrogens with one attached hydrogen (secondary N) is 2. The summed E-state index contributed by atoms with van der Waals surface area (Å²) >= 11 is 1.01. The van der Waals surface area contributed by atoms with Gasteiger partial charge >= 0.3 is 0 Å². The second-order valence-electron chi connectivity index (χ2n) is 10.7. The van der Waals surface area contributed by atoms with Crippen LogP contribution in [0.3, 0.4) is 0 Å². The van der Waals surface area contributed by atoms with Crippen molar-refractivity contribution in [3.63, 3.8) is 0 Å². The van der Waals surface area contributed by atoms with Crippen LogP contribution in [0.15, 0.2) is 12.3 Å². The number of aliphatic hydroxyl groups is 1. The lowest BCUT2D eigenvalue weighted by Gasteiger charge is -2.20. The van der Waals surface area contributed by atoms with E-state index in [1.807, 2.05) is 13.0 Å². The van der Waals surface area contributed by atoms with E-state index in [0.717, 1.165) is 21.8 Å². The molecule has 2 fully saturated rings. The molecular formula is C25H33F2N5O3S. The first kappa shape index (κ1) is 26.4. The normalized spacial score (nSPS) is 20.3. The largest absolute Gasteiger partial charge is 0.389 e. The van der Waals surface area contributed by atoms with Crippen LogP contribution in [-0.2, 0) is 0 Å². The second-order valence-corrected chi connectivity index (χ2v) is 11.7. The predicted octanol–water partition coefficient (Wildman–Crippen LogP) is 4.09. The highest BCUT2D eigenvalue weighted by atomic mass is 32.1. The lowest BCUT2D eigenvalue weighted by molar-refractivity contribution is 0.0118. The van der Waals surface area contributed by atoms with E-state index >= 15 is 0 Å². The van der Waals surface area contributed by atoms with Crippen LogP contribution in [-0.4, -0.2) is 68.5 Å². The van der Waals surface area contributed by atoms with E-state index in [4.69, 9.17) is 0 Å². The van der Waals surface area contributed by atoms with Crippen LogP contribution in [0.4, 0.5) is 14.6 Å². The molecule has 2 aromatic rings. The zero-order chi connectivity index (χ0) is 26.4. The van der Waals surface area contributed by atoms with Crippen LogP contribution < -0.4 is 10.6 Å². The van der Waals surface area contributed by atoms with E-state index in [1.54, 1.807) is 27.0 Å². The van der Waals surface area contributed by atoms with E-state index < -0.39 is 42.3 Å². The van der Waals surface area contributed by atoms with Gasteiger partial charge in [0, 0.05) is 36.8 Å². The summed E-state index contributed by atoms with van der Waals surface area (Å²) in [6.07, 6.45) is 3.60. The molecule has 1 aliphatic heterocycles. The summed E-state index contributed by atoms with van der Waals surface area (Å²) in [7, 11) is 0. The standard InChI is InChI=1S/C25H33F2N5O3S/c1-13-8-18(30-15(3)16-6-7-16)28-10-17(13)20-19(23(34)32-12-25(26,27)9-14(32)2)31-22(36-20)21(33)29-11-24(4,5)35/h8,10,14-16,35H,6-7,9,11-12H2,1-5H3,(H,28,30)(H,29,33)/t14-,15-/m0/s1. The highest BCUT2D eigenvalue weighted by molar-refractivity contribution is 7.17. The van der Waals surface area contributed by atoms with Crippen molar-refractivity contribution in [2.24, 2.45) is 5.92 Å². The van der Waals surface area contributed by atoms with Crippen LogP contribution in [0.2, 0.25) is 0 Å². The maximum absolute atomic E-state index is 14.0. The van der Waals surface area contributed by atoms with Crippen LogP contribution in [0.25, 0.3) is 10.4 Å². The van der Waals surface area contributed by atoms with Gasteiger partial charge in [-0.05, 0) is 65.0 Å². The van der Waals surface area contributed by atoms with Crippen molar-refractivity contribution in [2.75, 3.05) is 18.4 Å². The van der Waals surface area contributed by atoms with Gasteiger partial charge in [0.25, 0.3) is 17.7 Å². The zero-order valence-electron chi connectivity index (χ0n) is 21.2. The number of rotatable bonds is 8. The summed E-state index contributed by atoms with van der Waals surface area (Å²) < 4.78 is 28.1. The van der Waals surface area contributed by atoms with E-state index in [-0.39, 0.29) is 17.2 Å². The molecule has 1 saturated heterocycles. The van der Waals surface area contributed by atoms with Crippen molar-refractivity contribution < 1.29 is 23.5 Å². The van der Waals surface area contributed by atoms with Gasteiger partial charge in [-0.1, -0.05) is 0 Å². The monoisotopic (exact) mass is 521 g/mol. The summed E-state index contributed by atoms with van der Waals surface area (Å²) in [5.41, 5.74) is 0.248. The lowest BCUT2D eigenvalue weighted by Crippen LogP contribution is -2.38. The molecule has 0 unspecified atom stereocenters. The number of anilines is 1. The maximum atomic E-state index is 14.0. The van der Waals surface area contributed by atoms with Crippen molar-refractivity contribution in [1.29, 1.82) is 0 Å². The Morgan fingerprint density at radius 2 is 2.06 bits per heavy atom. The van der Waals surface area contributed by atoms with E-state index in [0.29, 0.717) is 28.2 Å². The molecule has 8 nitrogen and oxygen atoms in total. The van der Waals surface area contributed by atoms with Crippen molar-refractivity contribution in [2.45, 2.75) is 77.5 Å². The van der Waals surface area contributed by atoms with Gasteiger partial charge in [0.2, 0.25) is 0 Å². The SMILES string of the molecule is Cc1cc(N[C@@H](C)C2CC2)ncc1-c1sc(C(=O)NCC(C)(C)O)nc1C(=O)N1CC(F)(F)C[C@@H]1C. The zero-order valence-corrected chi connectivity index (χ0v) is 22.0. The molecule has 0 spiro atoms. The van der Waals surface area contributed by atoms with Gasteiger partial charge in [0.15, 0.2) is 5.01 Å². The molecule has 11 heteroatoms. The highest BCUT2D eigenvalue weighted by Gasteiger charge is 2.46. The Morgan fingerprint density at radius 1 is 1.36 bits per heavy atom. The number of alkyl halides is 2. The topological polar surface area (TPSA) is 107 Å². The lowest BCUT2D eigenvalue weighted by atomic mass is 10.1. The molecule has 36 heavy (non-hydrogen) atoms. The Kier molecular flexibility index (Phi) is 7.09. The average molecular weight is 522 g/mol. The molecule has 1 saturated carbocycles. The predicted molar refractivity (Wildman–Crippen MR) is 135 cm³/mol. The van der Waals surface area contributed by atoms with Gasteiger partial charge in [-0.3, -0.25) is 9.59 Å². The molecule has 2 aromatic heterocycles. The molecule has 0 aromatic carbocycles. The number of amides is 2. The Bertz CT molecular complexity index is 1160. The van der Waals surface area contributed by atoms with Crippen molar-refractivity contribution >= 4 is 29.0 Å². The number of hydrogen-bond acceptors (Lipinski definition) is 7. The van der Waals surface area contributed by atoms with Crippen molar-refractivity contribution in [1.82, 2.24) is 20.2 Å². The van der Waals surface area contributed by atoms with E-state index in [9.17, 15) is 23.5 Å². The number of aryl methyl sites for hydroxylation is 1. The van der Waals surface area contributed by atoms with Gasteiger partial charge < -0.3 is 20.6 Å². The Balaban J connectivity index is 1.68. The van der Waals surface area contributed by atoms with Gasteiger partial charge in [-0.2, -0.15) is 0 Å². The quantitative estimate of drug-likeness (QED) is 0.483. The Morgan fingerprint density at radius 3 is 2.61 bits per heavy atom. The van der Waals surface area contributed by atoms with Gasteiger partial charge in [-0.15, -0.1) is 11.3 Å². The molecule has 0 bridgehead atoms. The third-order valence-electron chi connectivity index (χ3n) is 6.55. The fourth-order valence-corrected chi connectivity index (χ4v) is 5.41. The number of aromatic nitrogens is 2. The third-order valence-corrected chi connectivity index (χ3v) is 7.64. The minimum atomic E-state index is -2.97. The third kappa shape index (κ3) is 6.00. The number of carbonyl (C=O) groups is 2. The summed E-state index contributed by atoms with van der Waals surface area (Å²) in [6, 6.07) is 1.51. The van der Waals surface area contributed by atoms with Crippen LogP contribution in [0.1, 0.15) is 72.8 Å². The number of carbonyl (C=O) groups excluding carboxylic acids is 2. The van der Waals surface area contributed by atoms with Crippen molar-refractivity contribution in [3.05, 3.63) is 28.5 Å². The smallest absolute Gasteiger partial charge is 0.280 e. The molecule has 3 heterocycles. The fraction of sp³-hybridized carbons (Fsp3) is 0.600. The van der Waals surface area contributed by atoms with Crippen molar-refractivity contribution in [3.8, 4) is 10.4 Å². The first-order valence-corrected chi connectivity index (χ1v) is 13.0. The summed E-state index contributed by atoms with van der Waals surface area (Å²) in [5.74, 6) is -2.81. The number of pyridine rings is 1. The fourth-order valence-electron chi connectivity index (χ4n) is 4.36. The average Bonchev–Trinajstić information content (AvgIpc) is 3.47. The molecule has 2 atom stereocenters. The molecule has 3 N–H and O–H groups in total. The molecule has 1 aliphatic carbocycles. The number of halogens is 2. The van der Waals surface area contributed by atoms with Gasteiger partial charge in [0.05, 0.1) is 17.0 Å². The molecule has 4 rings (SSSR count). The van der Waals surface area contributed by atoms with Gasteiger partial charge in [-0.25, -0.2) is 18.7 Å². The number of likely N-dealkylation sites (tertiary alicyclic amines) is 1. The van der Waals surface area contributed by atoms with Crippen LogP contribution >= 0.6 is 11.3 Å². The van der Waals surface area contributed by atoms with Crippen LogP contribution in [0.5, 0.6) is 0 Å². The minimum Gasteiger partial charge on any atom is -0.389 e. The Hall–Kier alpha value is -2.66. The first-order valence-electron chi connectivity index (χ1n) is 12.2. The van der Waals surface area contributed by atoms with Crippen LogP contribution in [0, 0.1) is 12.8 Å². The molecule has 196 valence electrons. The van der Waals surface area contributed by atoms with E-state index in [2.05, 4.69) is 27.5 Å². The number of thiazole rings is 1. The Labute approximate surface area is 213 Å². The minimum absolute atomic E-state index is 0.0140. The second kappa shape index (κ2) is 9.66. The summed E-state index contributed by atoms with van der Waals surface area (Å²) in [4.78, 5) is 36.6. The number of nitrogens with zero attached hydrogens (tertiary/aromatic N) is 3. The summed E-state index contributed by atoms with van der Waals surface area (Å²) in [6.45, 7) is 7.98. The molecular weight excluding hydrogens is 488 g/mol. The summed E-state index contributed by atoms with van der Waals surface area (Å²) in [5, 5.41) is 16.0. The van der Waals surface area contributed by atoms with E-state index in [1.165, 1.54) is 12.8 Å². The van der Waals surface area contributed by atoms with Gasteiger partial charge in [0.1, 0.15) is 11.5 Å². The first-order chi connectivity index (χ1) is 16.7. The highest BCUT2D eigenvalue weighted by Crippen LogP contribution is 2.38. The molecule has 2 aliphatic rings. The number of hydrogen-bond donors (Lipinski definition) is 3. The molecule has 2 amide bonds.